The van der Waals surface area contributed by atoms with Gasteiger partial charge in [-0.3, -0.25) is 9.69 Å². The van der Waals surface area contributed by atoms with E-state index in [1.54, 1.807) is 12.1 Å². The second-order valence-electron chi connectivity index (χ2n) is 11.0. The summed E-state index contributed by atoms with van der Waals surface area (Å²) in [5, 5.41) is 3.18. The molecular weight excluding hydrogens is 430 g/mol. The van der Waals surface area contributed by atoms with Gasteiger partial charge in [0, 0.05) is 25.6 Å². The summed E-state index contributed by atoms with van der Waals surface area (Å²) in [6.07, 6.45) is 7.32. The SMILES string of the molecule is CC(F)(F)c1ccc(-c2ccc3c(c2)CN(CC(=O)NCC2CCCCC2)CCC3(C)C)cc1. The van der Waals surface area contributed by atoms with E-state index in [0.29, 0.717) is 19.0 Å². The molecule has 2 aliphatic rings. The third kappa shape index (κ3) is 6.04. The van der Waals surface area contributed by atoms with Crippen LogP contribution >= 0.6 is 0 Å². The van der Waals surface area contributed by atoms with Crippen molar-refractivity contribution in [3.8, 4) is 11.1 Å². The molecule has 1 saturated carbocycles. The van der Waals surface area contributed by atoms with E-state index in [9.17, 15) is 13.6 Å². The monoisotopic (exact) mass is 468 g/mol. The van der Waals surface area contributed by atoms with Crippen molar-refractivity contribution in [2.75, 3.05) is 19.6 Å². The Kier molecular flexibility index (Phi) is 7.42. The smallest absolute Gasteiger partial charge is 0.270 e. The van der Waals surface area contributed by atoms with Crippen LogP contribution < -0.4 is 5.32 Å². The Balaban J connectivity index is 1.47. The van der Waals surface area contributed by atoms with Crippen LogP contribution in [0, 0.1) is 5.92 Å². The fourth-order valence-corrected chi connectivity index (χ4v) is 5.46. The summed E-state index contributed by atoms with van der Waals surface area (Å²) < 4.78 is 27.2. The van der Waals surface area contributed by atoms with E-state index in [0.717, 1.165) is 37.6 Å². The van der Waals surface area contributed by atoms with Crippen molar-refractivity contribution in [1.82, 2.24) is 10.2 Å². The van der Waals surface area contributed by atoms with Crippen LogP contribution in [0.4, 0.5) is 8.78 Å². The van der Waals surface area contributed by atoms with E-state index in [1.165, 1.54) is 55.4 Å². The third-order valence-electron chi connectivity index (χ3n) is 7.69. The normalized spacial score (nSPS) is 19.3. The Bertz CT molecular complexity index is 988. The predicted octanol–water partition coefficient (Wildman–Crippen LogP) is 6.65. The first-order chi connectivity index (χ1) is 16.1. The lowest BCUT2D eigenvalue weighted by molar-refractivity contribution is -0.122. The molecule has 2 aromatic rings. The summed E-state index contributed by atoms with van der Waals surface area (Å²) in [5.41, 5.74) is 4.49. The Morgan fingerprint density at radius 2 is 1.74 bits per heavy atom. The Labute approximate surface area is 202 Å². The Morgan fingerprint density at radius 3 is 2.41 bits per heavy atom. The van der Waals surface area contributed by atoms with E-state index in [2.05, 4.69) is 42.3 Å². The average molecular weight is 469 g/mol. The maximum atomic E-state index is 13.6. The lowest BCUT2D eigenvalue weighted by atomic mass is 9.79. The zero-order valence-corrected chi connectivity index (χ0v) is 20.8. The summed E-state index contributed by atoms with van der Waals surface area (Å²) >= 11 is 0. The van der Waals surface area contributed by atoms with Crippen LogP contribution in [0.3, 0.4) is 0 Å². The van der Waals surface area contributed by atoms with Crippen molar-refractivity contribution < 1.29 is 13.6 Å². The van der Waals surface area contributed by atoms with Crippen LogP contribution in [-0.4, -0.2) is 30.4 Å². The Hall–Kier alpha value is -2.27. The minimum Gasteiger partial charge on any atom is -0.355 e. The van der Waals surface area contributed by atoms with Gasteiger partial charge in [-0.05, 0) is 65.5 Å². The molecule has 1 N–H and O–H groups in total. The minimum atomic E-state index is -2.84. The number of nitrogens with zero attached hydrogens (tertiary/aromatic N) is 1. The zero-order valence-electron chi connectivity index (χ0n) is 20.8. The standard InChI is InChI=1S/C29H38F2N2O/c1-28(2)15-16-33(20-27(34)32-18-21-7-5-4-6-8-21)19-24-17-23(11-14-26(24)28)22-9-12-25(13-10-22)29(3,30)31/h9-14,17,21H,4-8,15-16,18-20H2,1-3H3,(H,32,34). The van der Waals surface area contributed by atoms with Crippen LogP contribution in [0.5, 0.6) is 0 Å². The predicted molar refractivity (Wildman–Crippen MR) is 134 cm³/mol. The molecule has 4 rings (SSSR count). The molecule has 0 atom stereocenters. The number of benzene rings is 2. The molecule has 1 amide bonds. The fraction of sp³-hybridized carbons (Fsp3) is 0.552. The molecule has 1 aliphatic carbocycles. The zero-order chi connectivity index (χ0) is 24.3. The molecule has 1 heterocycles. The van der Waals surface area contributed by atoms with Gasteiger partial charge < -0.3 is 5.32 Å². The highest BCUT2D eigenvalue weighted by molar-refractivity contribution is 5.78. The summed E-state index contributed by atoms with van der Waals surface area (Å²) in [6, 6.07) is 13.0. The third-order valence-corrected chi connectivity index (χ3v) is 7.69. The maximum Gasteiger partial charge on any atom is 0.270 e. The second kappa shape index (κ2) is 10.2. The van der Waals surface area contributed by atoms with Gasteiger partial charge in [-0.2, -0.15) is 0 Å². The van der Waals surface area contributed by atoms with Gasteiger partial charge in [-0.25, -0.2) is 8.78 Å². The van der Waals surface area contributed by atoms with Crippen LogP contribution in [0.25, 0.3) is 11.1 Å². The molecule has 0 radical (unpaired) electrons. The first kappa shape index (κ1) is 24.8. The lowest BCUT2D eigenvalue weighted by Gasteiger charge is -2.25. The van der Waals surface area contributed by atoms with Crippen molar-refractivity contribution in [2.24, 2.45) is 5.92 Å². The molecule has 0 spiro atoms. The van der Waals surface area contributed by atoms with Gasteiger partial charge in [0.25, 0.3) is 5.92 Å². The van der Waals surface area contributed by atoms with Gasteiger partial charge in [-0.1, -0.05) is 69.5 Å². The maximum absolute atomic E-state index is 13.6. The number of carbonyl (C=O) groups excluding carboxylic acids is 1. The van der Waals surface area contributed by atoms with E-state index in [1.807, 2.05) is 0 Å². The molecule has 3 nitrogen and oxygen atoms in total. The lowest BCUT2D eigenvalue weighted by Crippen LogP contribution is -2.39. The second-order valence-corrected chi connectivity index (χ2v) is 11.0. The van der Waals surface area contributed by atoms with Crippen molar-refractivity contribution in [2.45, 2.75) is 77.2 Å². The van der Waals surface area contributed by atoms with Crippen LogP contribution in [-0.2, 0) is 22.7 Å². The van der Waals surface area contributed by atoms with Crippen LogP contribution in [0.2, 0.25) is 0 Å². The topological polar surface area (TPSA) is 32.3 Å². The van der Waals surface area contributed by atoms with Crippen molar-refractivity contribution >= 4 is 5.91 Å². The van der Waals surface area contributed by atoms with Gasteiger partial charge >= 0.3 is 0 Å². The fourth-order valence-electron chi connectivity index (χ4n) is 5.46. The molecule has 1 aliphatic heterocycles. The van der Waals surface area contributed by atoms with Crippen molar-refractivity contribution in [3.63, 3.8) is 0 Å². The number of amides is 1. The molecule has 184 valence electrons. The van der Waals surface area contributed by atoms with Gasteiger partial charge in [0.15, 0.2) is 0 Å². The minimum absolute atomic E-state index is 0.00924. The molecule has 1 fully saturated rings. The average Bonchev–Trinajstić information content (AvgIpc) is 2.93. The van der Waals surface area contributed by atoms with Gasteiger partial charge in [0.2, 0.25) is 5.91 Å². The number of hydrogen-bond donors (Lipinski definition) is 1. The van der Waals surface area contributed by atoms with Crippen molar-refractivity contribution in [1.29, 1.82) is 0 Å². The summed E-state index contributed by atoms with van der Waals surface area (Å²) in [5.74, 6) is -2.10. The highest BCUT2D eigenvalue weighted by atomic mass is 19.3. The number of nitrogens with one attached hydrogen (secondary N) is 1. The molecule has 0 aromatic heterocycles. The van der Waals surface area contributed by atoms with Gasteiger partial charge in [-0.15, -0.1) is 0 Å². The number of hydrogen-bond acceptors (Lipinski definition) is 2. The molecule has 0 saturated heterocycles. The first-order valence-corrected chi connectivity index (χ1v) is 12.7. The van der Waals surface area contributed by atoms with E-state index in [4.69, 9.17) is 0 Å². The quantitative estimate of drug-likeness (QED) is 0.515. The van der Waals surface area contributed by atoms with Crippen molar-refractivity contribution in [3.05, 3.63) is 59.2 Å². The van der Waals surface area contributed by atoms with E-state index in [-0.39, 0.29) is 16.9 Å². The number of alkyl halides is 2. The highest BCUT2D eigenvalue weighted by Crippen LogP contribution is 2.36. The number of carbonyl (C=O) groups is 1. The molecular formula is C29H38F2N2O. The molecule has 5 heteroatoms. The number of fused-ring (bicyclic) bond motifs is 1. The largest absolute Gasteiger partial charge is 0.355 e. The molecule has 2 aromatic carbocycles. The van der Waals surface area contributed by atoms with E-state index >= 15 is 0 Å². The summed E-state index contributed by atoms with van der Waals surface area (Å²) in [7, 11) is 0. The van der Waals surface area contributed by atoms with Gasteiger partial charge in [0.05, 0.1) is 6.54 Å². The number of rotatable bonds is 6. The summed E-state index contributed by atoms with van der Waals surface area (Å²) in [4.78, 5) is 15.0. The van der Waals surface area contributed by atoms with Crippen LogP contribution in [0.15, 0.2) is 42.5 Å². The van der Waals surface area contributed by atoms with E-state index < -0.39 is 5.92 Å². The van der Waals surface area contributed by atoms with Gasteiger partial charge in [0.1, 0.15) is 0 Å². The van der Waals surface area contributed by atoms with Crippen LogP contribution in [0.1, 0.15) is 76.0 Å². The molecule has 0 unspecified atom stereocenters. The first-order valence-electron chi connectivity index (χ1n) is 12.7. The summed E-state index contributed by atoms with van der Waals surface area (Å²) in [6.45, 7) is 8.24. The Morgan fingerprint density at radius 1 is 1.06 bits per heavy atom. The number of halogens is 2. The molecule has 34 heavy (non-hydrogen) atoms. The molecule has 0 bridgehead atoms. The highest BCUT2D eigenvalue weighted by Gasteiger charge is 2.30.